The molecule has 0 spiro atoms. The highest BCUT2D eigenvalue weighted by atomic mass is 32.2. The van der Waals surface area contributed by atoms with Crippen LogP contribution in [0.1, 0.15) is 20.8 Å². The first-order chi connectivity index (χ1) is 3.11. The predicted octanol–water partition coefficient (Wildman–Crippen LogP) is 2.15. The van der Waals surface area contributed by atoms with Gasteiger partial charge in [-0.2, -0.15) is 11.8 Å². The summed E-state index contributed by atoms with van der Waals surface area (Å²) in [5.41, 5.74) is 0.574. The maximum atomic E-state index is 2.30. The minimum Gasteiger partial charge on any atom is -0.156 e. The van der Waals surface area contributed by atoms with Crippen molar-refractivity contribution in [3.05, 3.63) is 0 Å². The van der Waals surface area contributed by atoms with Gasteiger partial charge in [0.25, 0.3) is 0 Å². The summed E-state index contributed by atoms with van der Waals surface area (Å²) in [4.78, 5) is 0. The van der Waals surface area contributed by atoms with Crippen LogP contribution in [-0.4, -0.2) is 11.0 Å². The van der Waals surface area contributed by atoms with Crippen LogP contribution in [0.25, 0.3) is 0 Å². The molecule has 1 heterocycles. The van der Waals surface area contributed by atoms with Crippen LogP contribution in [0.3, 0.4) is 0 Å². The van der Waals surface area contributed by atoms with Crippen molar-refractivity contribution in [2.45, 2.75) is 26.0 Å². The van der Waals surface area contributed by atoms with Gasteiger partial charge >= 0.3 is 0 Å². The lowest BCUT2D eigenvalue weighted by Crippen LogP contribution is -2.11. The average molecular weight is 116 g/mol. The Morgan fingerprint density at radius 1 is 1.43 bits per heavy atom. The van der Waals surface area contributed by atoms with Gasteiger partial charge in [-0.3, -0.25) is 0 Å². The first-order valence-electron chi connectivity index (χ1n) is 2.72. The van der Waals surface area contributed by atoms with Gasteiger partial charge in [0.1, 0.15) is 0 Å². The standard InChI is InChI=1S/C6H12S/c1-6(2,3)5-4-7-5/h5H,4H2,1-3H3/t5-/m0/s1. The van der Waals surface area contributed by atoms with E-state index in [1.807, 2.05) is 0 Å². The highest BCUT2D eigenvalue weighted by molar-refractivity contribution is 8.06. The van der Waals surface area contributed by atoms with Crippen LogP contribution in [0.5, 0.6) is 0 Å². The van der Waals surface area contributed by atoms with Gasteiger partial charge in [0, 0.05) is 11.0 Å². The third kappa shape index (κ3) is 1.37. The molecule has 1 aliphatic heterocycles. The molecule has 1 heteroatoms. The Hall–Kier alpha value is 0.350. The first kappa shape index (κ1) is 5.49. The Labute approximate surface area is 49.7 Å². The van der Waals surface area contributed by atoms with E-state index in [1.165, 1.54) is 5.75 Å². The van der Waals surface area contributed by atoms with E-state index in [-0.39, 0.29) is 0 Å². The molecule has 0 nitrogen and oxygen atoms in total. The lowest BCUT2D eigenvalue weighted by atomic mass is 9.94. The number of rotatable bonds is 0. The van der Waals surface area contributed by atoms with Crippen LogP contribution < -0.4 is 0 Å². The van der Waals surface area contributed by atoms with E-state index in [0.717, 1.165) is 5.25 Å². The van der Waals surface area contributed by atoms with Crippen LogP contribution in [-0.2, 0) is 0 Å². The minimum absolute atomic E-state index is 0.574. The molecular weight excluding hydrogens is 104 g/mol. The average Bonchev–Trinajstić information content (AvgIpc) is 1.99. The molecule has 1 saturated heterocycles. The van der Waals surface area contributed by atoms with Crippen LogP contribution in [0, 0.1) is 5.41 Å². The van der Waals surface area contributed by atoms with Crippen molar-refractivity contribution < 1.29 is 0 Å². The Morgan fingerprint density at radius 3 is 1.86 bits per heavy atom. The quantitative estimate of drug-likeness (QED) is 0.437. The molecule has 0 saturated carbocycles. The van der Waals surface area contributed by atoms with E-state index in [1.54, 1.807) is 0 Å². The second-order valence-corrected chi connectivity index (χ2v) is 4.42. The summed E-state index contributed by atoms with van der Waals surface area (Å²) in [5, 5.41) is 0.965. The van der Waals surface area contributed by atoms with Crippen molar-refractivity contribution in [1.29, 1.82) is 0 Å². The minimum atomic E-state index is 0.574. The zero-order valence-electron chi connectivity index (χ0n) is 5.19. The monoisotopic (exact) mass is 116 g/mol. The summed E-state index contributed by atoms with van der Waals surface area (Å²) in [6, 6.07) is 0. The van der Waals surface area contributed by atoms with Crippen LogP contribution >= 0.6 is 11.8 Å². The van der Waals surface area contributed by atoms with Crippen molar-refractivity contribution in [2.75, 3.05) is 5.75 Å². The van der Waals surface area contributed by atoms with E-state index in [2.05, 4.69) is 32.5 Å². The smallest absolute Gasteiger partial charge is 0.0187 e. The van der Waals surface area contributed by atoms with Gasteiger partial charge in [0.15, 0.2) is 0 Å². The summed E-state index contributed by atoms with van der Waals surface area (Å²) >= 11 is 2.08. The maximum absolute atomic E-state index is 2.30. The lowest BCUT2D eigenvalue weighted by molar-refractivity contribution is 0.435. The molecule has 0 aromatic carbocycles. The summed E-state index contributed by atoms with van der Waals surface area (Å²) in [6.45, 7) is 6.91. The Morgan fingerprint density at radius 2 is 1.86 bits per heavy atom. The van der Waals surface area contributed by atoms with E-state index in [9.17, 15) is 0 Å². The molecule has 0 amide bonds. The molecule has 1 rings (SSSR count). The fraction of sp³-hybridized carbons (Fsp3) is 1.00. The first-order valence-corrected chi connectivity index (χ1v) is 3.77. The number of thioether (sulfide) groups is 1. The third-order valence-electron chi connectivity index (χ3n) is 1.30. The van der Waals surface area contributed by atoms with Crippen molar-refractivity contribution >= 4 is 11.8 Å². The van der Waals surface area contributed by atoms with Gasteiger partial charge in [-0.15, -0.1) is 0 Å². The maximum Gasteiger partial charge on any atom is 0.0187 e. The zero-order valence-corrected chi connectivity index (χ0v) is 6.01. The van der Waals surface area contributed by atoms with Crippen molar-refractivity contribution in [3.8, 4) is 0 Å². The second kappa shape index (κ2) is 1.41. The molecule has 0 aromatic rings. The normalized spacial score (nSPS) is 30.4. The van der Waals surface area contributed by atoms with E-state index in [0.29, 0.717) is 5.41 Å². The fourth-order valence-electron chi connectivity index (χ4n) is 0.548. The molecular formula is C6H12S. The summed E-state index contributed by atoms with van der Waals surface area (Å²) in [7, 11) is 0. The van der Waals surface area contributed by atoms with Crippen LogP contribution in [0.2, 0.25) is 0 Å². The Bertz CT molecular complexity index is 66.7. The molecule has 0 aromatic heterocycles. The summed E-state index contributed by atoms with van der Waals surface area (Å²) in [5.74, 6) is 1.39. The fourth-order valence-corrected chi connectivity index (χ4v) is 1.64. The van der Waals surface area contributed by atoms with Gasteiger partial charge < -0.3 is 0 Å². The number of hydrogen-bond donors (Lipinski definition) is 0. The van der Waals surface area contributed by atoms with E-state index in [4.69, 9.17) is 0 Å². The largest absolute Gasteiger partial charge is 0.156 e. The third-order valence-corrected chi connectivity index (χ3v) is 2.67. The predicted molar refractivity (Wildman–Crippen MR) is 35.7 cm³/mol. The highest BCUT2D eigenvalue weighted by Crippen LogP contribution is 2.43. The molecule has 0 N–H and O–H groups in total. The van der Waals surface area contributed by atoms with Gasteiger partial charge in [0.05, 0.1) is 0 Å². The summed E-state index contributed by atoms with van der Waals surface area (Å²) < 4.78 is 0. The molecule has 42 valence electrons. The molecule has 0 radical (unpaired) electrons. The molecule has 0 aliphatic carbocycles. The Balaban J connectivity index is 2.36. The molecule has 1 atom stereocenters. The zero-order chi connectivity index (χ0) is 5.49. The van der Waals surface area contributed by atoms with Crippen LogP contribution in [0.4, 0.5) is 0 Å². The number of hydrogen-bond acceptors (Lipinski definition) is 1. The molecule has 1 aliphatic rings. The van der Waals surface area contributed by atoms with Gasteiger partial charge in [-0.05, 0) is 5.41 Å². The van der Waals surface area contributed by atoms with Crippen molar-refractivity contribution in [1.82, 2.24) is 0 Å². The molecule has 1 fully saturated rings. The highest BCUT2D eigenvalue weighted by Gasteiger charge is 2.34. The molecule has 0 bridgehead atoms. The topological polar surface area (TPSA) is 0 Å². The van der Waals surface area contributed by atoms with Gasteiger partial charge in [0.2, 0.25) is 0 Å². The SMILES string of the molecule is CC(C)(C)[C@@H]1CS1. The van der Waals surface area contributed by atoms with Crippen LogP contribution in [0.15, 0.2) is 0 Å². The summed E-state index contributed by atoms with van der Waals surface area (Å²) in [6.07, 6.45) is 0. The lowest BCUT2D eigenvalue weighted by Gasteiger charge is -2.13. The van der Waals surface area contributed by atoms with Gasteiger partial charge in [-0.1, -0.05) is 20.8 Å². The van der Waals surface area contributed by atoms with Crippen molar-refractivity contribution in [2.24, 2.45) is 5.41 Å². The molecule has 0 unspecified atom stereocenters. The van der Waals surface area contributed by atoms with Crippen molar-refractivity contribution in [3.63, 3.8) is 0 Å². The van der Waals surface area contributed by atoms with Gasteiger partial charge in [-0.25, -0.2) is 0 Å². The Kier molecular flexibility index (Phi) is 1.11. The van der Waals surface area contributed by atoms with E-state index < -0.39 is 0 Å². The second-order valence-electron chi connectivity index (χ2n) is 3.19. The van der Waals surface area contributed by atoms with E-state index >= 15 is 0 Å². The molecule has 7 heavy (non-hydrogen) atoms.